The lowest BCUT2D eigenvalue weighted by Crippen LogP contribution is -2.31. The highest BCUT2D eigenvalue weighted by Gasteiger charge is 2.22. The smallest absolute Gasteiger partial charge is 0.297 e. The van der Waals surface area contributed by atoms with Crippen molar-refractivity contribution in [2.45, 2.75) is 6.54 Å². The molecule has 0 aliphatic heterocycles. The number of hydrogen-bond acceptors (Lipinski definition) is 8. The summed E-state index contributed by atoms with van der Waals surface area (Å²) < 4.78 is 5.78. The topological polar surface area (TPSA) is 134 Å². The molecule has 11 heteroatoms. The van der Waals surface area contributed by atoms with Crippen LogP contribution in [0.2, 0.25) is 0 Å². The molecule has 11 nitrogen and oxygen atoms in total. The first kappa shape index (κ1) is 21.6. The first-order valence-corrected chi connectivity index (χ1v) is 9.21. The van der Waals surface area contributed by atoms with Crippen molar-refractivity contribution in [3.8, 4) is 5.75 Å². The standard InChI is InChI=1S/C20H22N6O5/c1-24(2)18(29)13-7-5-6-12(8-13)10-25(3)20-23-15(16(27)19(30)26(20)4)17(28)22-14-9-21-31-11-14/h5-9,11,27H,10H2,1-4H3,(H,22,28). The van der Waals surface area contributed by atoms with Crippen molar-refractivity contribution in [2.24, 2.45) is 7.05 Å². The number of nitrogens with zero attached hydrogens (tertiary/aromatic N) is 5. The molecule has 2 amide bonds. The van der Waals surface area contributed by atoms with Gasteiger partial charge in [0, 0.05) is 40.3 Å². The summed E-state index contributed by atoms with van der Waals surface area (Å²) in [6, 6.07) is 7.06. The molecule has 0 aliphatic rings. The van der Waals surface area contributed by atoms with Crippen LogP contribution in [-0.4, -0.2) is 57.7 Å². The zero-order valence-corrected chi connectivity index (χ0v) is 17.5. The average molecular weight is 426 g/mol. The summed E-state index contributed by atoms with van der Waals surface area (Å²) in [5.74, 6) is -1.53. The monoisotopic (exact) mass is 426 g/mol. The van der Waals surface area contributed by atoms with Crippen LogP contribution < -0.4 is 15.8 Å². The Morgan fingerprint density at radius 2 is 2.00 bits per heavy atom. The third kappa shape index (κ3) is 4.55. The van der Waals surface area contributed by atoms with Gasteiger partial charge >= 0.3 is 0 Å². The van der Waals surface area contributed by atoms with Crippen LogP contribution in [0.3, 0.4) is 0 Å². The second-order valence-corrected chi connectivity index (χ2v) is 7.10. The van der Waals surface area contributed by atoms with E-state index in [1.54, 1.807) is 44.2 Å². The maximum absolute atomic E-state index is 12.5. The molecule has 2 heterocycles. The van der Waals surface area contributed by atoms with Crippen LogP contribution in [0.4, 0.5) is 11.6 Å². The van der Waals surface area contributed by atoms with E-state index in [0.29, 0.717) is 12.1 Å². The highest BCUT2D eigenvalue weighted by atomic mass is 16.5. The Labute approximate surface area is 177 Å². The minimum atomic E-state index is -0.786. The predicted octanol–water partition coefficient (Wildman–Crippen LogP) is 1.06. The van der Waals surface area contributed by atoms with Gasteiger partial charge in [0.1, 0.15) is 12.0 Å². The zero-order chi connectivity index (χ0) is 22.7. The summed E-state index contributed by atoms with van der Waals surface area (Å²) in [7, 11) is 6.46. The van der Waals surface area contributed by atoms with Gasteiger partial charge in [-0.1, -0.05) is 17.3 Å². The molecule has 0 aliphatic carbocycles. The fourth-order valence-electron chi connectivity index (χ4n) is 2.94. The van der Waals surface area contributed by atoms with Gasteiger partial charge in [-0.05, 0) is 17.7 Å². The molecule has 2 N–H and O–H groups in total. The van der Waals surface area contributed by atoms with Gasteiger partial charge in [0.25, 0.3) is 17.4 Å². The molecule has 31 heavy (non-hydrogen) atoms. The first-order valence-electron chi connectivity index (χ1n) is 9.21. The van der Waals surface area contributed by atoms with Gasteiger partial charge < -0.3 is 24.7 Å². The number of amides is 2. The molecule has 0 atom stereocenters. The summed E-state index contributed by atoms with van der Waals surface area (Å²) >= 11 is 0. The van der Waals surface area contributed by atoms with Gasteiger partial charge in [0.15, 0.2) is 5.69 Å². The molecule has 0 unspecified atom stereocenters. The van der Waals surface area contributed by atoms with E-state index >= 15 is 0 Å². The summed E-state index contributed by atoms with van der Waals surface area (Å²) in [6.07, 6.45) is 2.47. The van der Waals surface area contributed by atoms with E-state index < -0.39 is 22.9 Å². The van der Waals surface area contributed by atoms with Crippen LogP contribution >= 0.6 is 0 Å². The fourth-order valence-corrected chi connectivity index (χ4v) is 2.94. The van der Waals surface area contributed by atoms with E-state index in [1.165, 1.54) is 24.4 Å². The molecule has 0 bridgehead atoms. The quantitative estimate of drug-likeness (QED) is 0.598. The van der Waals surface area contributed by atoms with Gasteiger partial charge in [-0.15, -0.1) is 0 Å². The Bertz CT molecular complexity index is 1170. The Balaban J connectivity index is 1.91. The molecule has 3 aromatic rings. The summed E-state index contributed by atoms with van der Waals surface area (Å²) in [4.78, 5) is 44.5. The molecular formula is C20H22N6O5. The van der Waals surface area contributed by atoms with E-state index in [0.717, 1.165) is 10.1 Å². The molecule has 1 aromatic carbocycles. The number of anilines is 2. The molecule has 162 valence electrons. The molecular weight excluding hydrogens is 404 g/mol. The Morgan fingerprint density at radius 1 is 1.26 bits per heavy atom. The highest BCUT2D eigenvalue weighted by molar-refractivity contribution is 6.04. The maximum Gasteiger partial charge on any atom is 0.297 e. The normalized spacial score (nSPS) is 10.6. The summed E-state index contributed by atoms with van der Waals surface area (Å²) in [6.45, 7) is 0.298. The predicted molar refractivity (Wildman–Crippen MR) is 112 cm³/mol. The highest BCUT2D eigenvalue weighted by Crippen LogP contribution is 2.18. The number of carbonyl (C=O) groups is 2. The molecule has 0 saturated heterocycles. The number of aromatic hydroxyl groups is 1. The molecule has 0 radical (unpaired) electrons. The largest absolute Gasteiger partial charge is 0.501 e. The van der Waals surface area contributed by atoms with E-state index in [1.807, 2.05) is 6.07 Å². The number of hydrogen-bond donors (Lipinski definition) is 2. The third-order valence-corrected chi connectivity index (χ3v) is 4.49. The second-order valence-electron chi connectivity index (χ2n) is 7.10. The van der Waals surface area contributed by atoms with Crippen molar-refractivity contribution >= 4 is 23.5 Å². The lowest BCUT2D eigenvalue weighted by atomic mass is 10.1. The van der Waals surface area contributed by atoms with Crippen LogP contribution in [0, 0.1) is 0 Å². The fraction of sp³-hybridized carbons (Fsp3) is 0.250. The minimum absolute atomic E-state index is 0.132. The zero-order valence-electron chi connectivity index (χ0n) is 17.5. The average Bonchev–Trinajstić information content (AvgIpc) is 3.24. The Hall–Kier alpha value is -4.15. The number of nitrogens with one attached hydrogen (secondary N) is 1. The maximum atomic E-state index is 12.5. The van der Waals surface area contributed by atoms with Crippen molar-refractivity contribution < 1.29 is 19.2 Å². The SMILES string of the molecule is CN(C)C(=O)c1cccc(CN(C)c2nc(C(=O)Nc3cnoc3)c(O)c(=O)n2C)c1. The lowest BCUT2D eigenvalue weighted by molar-refractivity contribution is 0.0827. The third-order valence-electron chi connectivity index (χ3n) is 4.49. The first-order chi connectivity index (χ1) is 14.7. The summed E-state index contributed by atoms with van der Waals surface area (Å²) in [5, 5.41) is 16.1. The number of aromatic nitrogens is 3. The summed E-state index contributed by atoms with van der Waals surface area (Å²) in [5.41, 5.74) is 0.376. The number of rotatable bonds is 6. The number of benzene rings is 1. The molecule has 3 rings (SSSR count). The van der Waals surface area contributed by atoms with Crippen molar-refractivity contribution in [1.29, 1.82) is 0 Å². The van der Waals surface area contributed by atoms with Crippen molar-refractivity contribution in [3.05, 3.63) is 63.9 Å². The van der Waals surface area contributed by atoms with E-state index in [2.05, 4.69) is 20.0 Å². The van der Waals surface area contributed by atoms with Gasteiger partial charge in [0.05, 0.1) is 6.20 Å². The van der Waals surface area contributed by atoms with E-state index in [-0.39, 0.29) is 17.5 Å². The van der Waals surface area contributed by atoms with Gasteiger partial charge in [-0.3, -0.25) is 19.0 Å². The van der Waals surface area contributed by atoms with Gasteiger partial charge in [-0.2, -0.15) is 0 Å². The van der Waals surface area contributed by atoms with Crippen LogP contribution in [0.25, 0.3) is 0 Å². The second kappa shape index (κ2) is 8.69. The van der Waals surface area contributed by atoms with Crippen LogP contribution in [-0.2, 0) is 13.6 Å². The van der Waals surface area contributed by atoms with Crippen LogP contribution in [0.15, 0.2) is 46.0 Å². The van der Waals surface area contributed by atoms with Crippen molar-refractivity contribution in [3.63, 3.8) is 0 Å². The van der Waals surface area contributed by atoms with Gasteiger partial charge in [-0.25, -0.2) is 4.98 Å². The molecule has 0 saturated carbocycles. The Morgan fingerprint density at radius 3 is 2.65 bits per heavy atom. The van der Waals surface area contributed by atoms with Crippen LogP contribution in [0.1, 0.15) is 26.4 Å². The van der Waals surface area contributed by atoms with Crippen molar-refractivity contribution in [2.75, 3.05) is 31.4 Å². The number of carbonyl (C=O) groups excluding carboxylic acids is 2. The molecule has 0 spiro atoms. The lowest BCUT2D eigenvalue weighted by Gasteiger charge is -2.22. The van der Waals surface area contributed by atoms with E-state index in [4.69, 9.17) is 0 Å². The van der Waals surface area contributed by atoms with E-state index in [9.17, 15) is 19.5 Å². The van der Waals surface area contributed by atoms with Gasteiger partial charge in [0.2, 0.25) is 11.7 Å². The minimum Gasteiger partial charge on any atom is -0.501 e. The Kier molecular flexibility index (Phi) is 6.05. The van der Waals surface area contributed by atoms with Crippen molar-refractivity contribution in [1.82, 2.24) is 19.6 Å². The van der Waals surface area contributed by atoms with Crippen LogP contribution in [0.5, 0.6) is 5.75 Å². The molecule has 0 fully saturated rings. The molecule has 2 aromatic heterocycles.